The molecule has 134 valence electrons. The summed E-state index contributed by atoms with van der Waals surface area (Å²) in [6, 6.07) is 3.54. The summed E-state index contributed by atoms with van der Waals surface area (Å²) in [5.41, 5.74) is 2.93. The van der Waals surface area contributed by atoms with Crippen molar-refractivity contribution in [2.75, 3.05) is 18.0 Å². The number of morpholine rings is 1. The lowest BCUT2D eigenvalue weighted by Crippen LogP contribution is -2.46. The Morgan fingerprint density at radius 3 is 2.69 bits per heavy atom. The molecule has 0 aliphatic carbocycles. The van der Waals surface area contributed by atoms with Crippen molar-refractivity contribution < 1.29 is 14.1 Å². The first-order valence-corrected chi connectivity index (χ1v) is 8.70. The second kappa shape index (κ2) is 6.66. The molecule has 1 aromatic carbocycles. The first kappa shape index (κ1) is 16.9. The number of anilines is 1. The van der Waals surface area contributed by atoms with Crippen molar-refractivity contribution in [3.63, 3.8) is 0 Å². The Kier molecular flexibility index (Phi) is 4.34. The number of fused-ring (bicyclic) bond motifs is 1. The molecule has 0 spiro atoms. The lowest BCUT2D eigenvalue weighted by atomic mass is 10.0. The molecular weight excluding hydrogens is 356 g/mol. The van der Waals surface area contributed by atoms with Crippen molar-refractivity contribution >= 4 is 34.5 Å². The molecule has 0 radical (unpaired) electrons. The number of hydrogen-bond donors (Lipinski definition) is 0. The fourth-order valence-electron chi connectivity index (χ4n) is 3.46. The number of benzene rings is 1. The largest absolute Gasteiger partial charge is 0.372 e. The van der Waals surface area contributed by atoms with Gasteiger partial charge < -0.3 is 14.2 Å². The van der Waals surface area contributed by atoms with E-state index in [9.17, 15) is 4.79 Å². The molecule has 0 unspecified atom stereocenters. The Morgan fingerprint density at radius 1 is 1.27 bits per heavy atom. The van der Waals surface area contributed by atoms with Gasteiger partial charge in [-0.2, -0.15) is 10.2 Å². The monoisotopic (exact) mass is 372 g/mol. The third-order valence-electron chi connectivity index (χ3n) is 4.43. The first-order chi connectivity index (χ1) is 12.6. The van der Waals surface area contributed by atoms with E-state index in [-0.39, 0.29) is 12.2 Å². The third-order valence-corrected chi connectivity index (χ3v) is 4.78. The summed E-state index contributed by atoms with van der Waals surface area (Å²) >= 11 is 6.65. The lowest BCUT2D eigenvalue weighted by molar-refractivity contribution is -0.00524. The molecule has 1 aliphatic rings. The van der Waals surface area contributed by atoms with Gasteiger partial charge in [0.1, 0.15) is 10.7 Å². The van der Waals surface area contributed by atoms with Crippen LogP contribution in [0.1, 0.15) is 24.2 Å². The van der Waals surface area contributed by atoms with Gasteiger partial charge in [-0.25, -0.2) is 0 Å². The van der Waals surface area contributed by atoms with Crippen molar-refractivity contribution in [1.82, 2.24) is 15.4 Å². The van der Waals surface area contributed by atoms with Gasteiger partial charge in [-0.05, 0) is 26.0 Å². The zero-order valence-electron chi connectivity index (χ0n) is 14.3. The average molecular weight is 373 g/mol. The predicted octanol–water partition coefficient (Wildman–Crippen LogP) is 3.36. The summed E-state index contributed by atoms with van der Waals surface area (Å²) in [6.07, 6.45) is 4.05. The smallest absolute Gasteiger partial charge is 0.188 e. The minimum atomic E-state index is 0.0400. The number of carbonyl (C=O) groups excluding carboxylic acids is 1. The summed E-state index contributed by atoms with van der Waals surface area (Å²) in [5, 5.41) is 12.8. The average Bonchev–Trinajstić information content (AvgIpc) is 3.05. The van der Waals surface area contributed by atoms with Gasteiger partial charge in [-0.15, -0.1) is 0 Å². The molecule has 26 heavy (non-hydrogen) atoms. The number of ether oxygens (including phenoxy) is 1. The molecule has 1 fully saturated rings. The number of aldehydes is 1. The van der Waals surface area contributed by atoms with Crippen LogP contribution < -0.4 is 4.90 Å². The van der Waals surface area contributed by atoms with Gasteiger partial charge in [0.15, 0.2) is 11.9 Å². The van der Waals surface area contributed by atoms with Crippen LogP contribution in [0.4, 0.5) is 5.69 Å². The van der Waals surface area contributed by atoms with Crippen molar-refractivity contribution in [3.8, 4) is 11.3 Å². The van der Waals surface area contributed by atoms with E-state index in [2.05, 4.69) is 20.3 Å². The van der Waals surface area contributed by atoms with Crippen molar-refractivity contribution in [2.45, 2.75) is 26.1 Å². The maximum atomic E-state index is 11.8. The van der Waals surface area contributed by atoms with E-state index in [1.54, 1.807) is 24.5 Å². The molecular formula is C18H17ClN4O3. The zero-order valence-corrected chi connectivity index (χ0v) is 15.1. The van der Waals surface area contributed by atoms with Crippen LogP contribution in [0.2, 0.25) is 5.02 Å². The Labute approximate surface area is 154 Å². The van der Waals surface area contributed by atoms with Crippen molar-refractivity contribution in [3.05, 3.63) is 35.1 Å². The molecule has 2 atom stereocenters. The fourth-order valence-corrected chi connectivity index (χ4v) is 3.82. The highest BCUT2D eigenvalue weighted by Gasteiger charge is 2.28. The van der Waals surface area contributed by atoms with E-state index in [4.69, 9.17) is 20.9 Å². The minimum Gasteiger partial charge on any atom is -0.372 e. The standard InChI is InChI=1S/C18H17ClN4O3/c1-10-7-23(8-11(2)25-10)17-13(9-24)5-14-16(12-3-4-20-21-6-12)22-26-18(14)15(17)19/h3-6,9-11H,7-8H2,1-2H3/t10-,11+. The first-order valence-electron chi connectivity index (χ1n) is 8.33. The molecule has 0 amide bonds. The summed E-state index contributed by atoms with van der Waals surface area (Å²) in [7, 11) is 0. The van der Waals surface area contributed by atoms with Gasteiger partial charge in [0.25, 0.3) is 0 Å². The van der Waals surface area contributed by atoms with Crippen LogP contribution in [-0.2, 0) is 4.74 Å². The van der Waals surface area contributed by atoms with Crippen LogP contribution in [0, 0.1) is 0 Å². The summed E-state index contributed by atoms with van der Waals surface area (Å²) in [5.74, 6) is 0. The second-order valence-electron chi connectivity index (χ2n) is 6.45. The van der Waals surface area contributed by atoms with E-state index in [0.29, 0.717) is 46.0 Å². The van der Waals surface area contributed by atoms with Crippen LogP contribution in [0.15, 0.2) is 29.0 Å². The Hall–Kier alpha value is -2.51. The number of rotatable bonds is 3. The molecule has 0 N–H and O–H groups in total. The van der Waals surface area contributed by atoms with Crippen LogP contribution >= 0.6 is 11.6 Å². The van der Waals surface area contributed by atoms with E-state index in [0.717, 1.165) is 11.8 Å². The topological polar surface area (TPSA) is 81.4 Å². The minimum absolute atomic E-state index is 0.0400. The highest BCUT2D eigenvalue weighted by Crippen LogP contribution is 2.40. The van der Waals surface area contributed by atoms with Crippen molar-refractivity contribution in [2.24, 2.45) is 0 Å². The summed E-state index contributed by atoms with van der Waals surface area (Å²) < 4.78 is 11.3. The van der Waals surface area contributed by atoms with Crippen LogP contribution in [0.5, 0.6) is 0 Å². The Bertz CT molecular complexity index is 950. The fraction of sp³-hybridized carbons (Fsp3) is 0.333. The van der Waals surface area contributed by atoms with Crippen LogP contribution in [0.3, 0.4) is 0 Å². The number of carbonyl (C=O) groups is 1. The van der Waals surface area contributed by atoms with Gasteiger partial charge in [-0.1, -0.05) is 16.8 Å². The van der Waals surface area contributed by atoms with E-state index >= 15 is 0 Å². The molecule has 2 aromatic heterocycles. The molecule has 1 saturated heterocycles. The molecule has 0 saturated carbocycles. The van der Waals surface area contributed by atoms with Crippen LogP contribution in [-0.4, -0.2) is 46.9 Å². The maximum Gasteiger partial charge on any atom is 0.188 e. The van der Waals surface area contributed by atoms with Gasteiger partial charge in [-0.3, -0.25) is 4.79 Å². The van der Waals surface area contributed by atoms with Crippen molar-refractivity contribution in [1.29, 1.82) is 0 Å². The molecule has 1 aliphatic heterocycles. The maximum absolute atomic E-state index is 11.8. The molecule has 3 aromatic rings. The number of hydrogen-bond acceptors (Lipinski definition) is 7. The Morgan fingerprint density at radius 2 is 2.04 bits per heavy atom. The summed E-state index contributed by atoms with van der Waals surface area (Å²) in [6.45, 7) is 5.29. The highest BCUT2D eigenvalue weighted by molar-refractivity contribution is 6.38. The molecule has 8 heteroatoms. The lowest BCUT2D eigenvalue weighted by Gasteiger charge is -2.37. The van der Waals surface area contributed by atoms with E-state index in [1.807, 2.05) is 13.8 Å². The number of nitrogens with zero attached hydrogens (tertiary/aromatic N) is 4. The van der Waals surface area contributed by atoms with E-state index in [1.165, 1.54) is 0 Å². The molecule has 3 heterocycles. The van der Waals surface area contributed by atoms with E-state index < -0.39 is 0 Å². The Balaban J connectivity index is 1.88. The van der Waals surface area contributed by atoms with Gasteiger partial charge >= 0.3 is 0 Å². The SMILES string of the molecule is C[C@@H]1CN(c2c(C=O)cc3c(-c4ccnnc4)noc3c2Cl)C[C@H](C)O1. The normalized spacial score (nSPS) is 20.5. The number of halogens is 1. The van der Waals surface area contributed by atoms with Gasteiger partial charge in [0.2, 0.25) is 0 Å². The molecule has 7 nitrogen and oxygen atoms in total. The van der Waals surface area contributed by atoms with Crippen LogP contribution in [0.25, 0.3) is 22.2 Å². The van der Waals surface area contributed by atoms with Gasteiger partial charge in [0.05, 0.1) is 35.7 Å². The third kappa shape index (κ3) is 2.83. The quantitative estimate of drug-likeness (QED) is 0.652. The molecule has 4 rings (SSSR count). The van der Waals surface area contributed by atoms with Gasteiger partial charge in [0, 0.05) is 24.2 Å². The summed E-state index contributed by atoms with van der Waals surface area (Å²) in [4.78, 5) is 13.9. The predicted molar refractivity (Wildman–Crippen MR) is 97.7 cm³/mol. The molecule has 0 bridgehead atoms. The second-order valence-corrected chi connectivity index (χ2v) is 6.83. The zero-order chi connectivity index (χ0) is 18.3. The highest BCUT2D eigenvalue weighted by atomic mass is 35.5. The number of aromatic nitrogens is 3.